The van der Waals surface area contributed by atoms with Crippen LogP contribution in [-0.2, 0) is 9.59 Å². The van der Waals surface area contributed by atoms with Crippen LogP contribution in [0.1, 0.15) is 12.8 Å². The van der Waals surface area contributed by atoms with Crippen LogP contribution in [0.15, 0.2) is 29.4 Å². The number of carbonyl (C=O) groups is 2. The zero-order valence-corrected chi connectivity index (χ0v) is 9.06. The van der Waals surface area contributed by atoms with Crippen molar-refractivity contribution >= 4 is 28.9 Å². The van der Waals surface area contributed by atoms with Gasteiger partial charge < -0.3 is 11.1 Å². The SMILES string of the molecule is Nc1ccc(NC(=O)C2=NNC(=O)CC2)cc1. The third-order valence-corrected chi connectivity index (χ3v) is 2.34. The summed E-state index contributed by atoms with van der Waals surface area (Å²) >= 11 is 0. The molecular formula is C11H12N4O2. The van der Waals surface area contributed by atoms with Crippen LogP contribution in [0.2, 0.25) is 0 Å². The number of nitrogen functional groups attached to an aromatic ring is 1. The van der Waals surface area contributed by atoms with Crippen molar-refractivity contribution < 1.29 is 9.59 Å². The zero-order valence-electron chi connectivity index (χ0n) is 9.06. The van der Waals surface area contributed by atoms with E-state index in [-0.39, 0.29) is 18.2 Å². The molecule has 0 radical (unpaired) electrons. The van der Waals surface area contributed by atoms with E-state index in [1.54, 1.807) is 24.3 Å². The van der Waals surface area contributed by atoms with Gasteiger partial charge in [0.1, 0.15) is 5.71 Å². The van der Waals surface area contributed by atoms with Gasteiger partial charge in [-0.25, -0.2) is 5.43 Å². The van der Waals surface area contributed by atoms with Crippen molar-refractivity contribution in [3.05, 3.63) is 24.3 Å². The molecule has 0 atom stereocenters. The summed E-state index contributed by atoms with van der Waals surface area (Å²) in [5, 5.41) is 6.38. The molecule has 17 heavy (non-hydrogen) atoms. The number of hydrazone groups is 1. The molecule has 1 heterocycles. The predicted octanol–water partition coefficient (Wildman–Crippen LogP) is 0.473. The highest BCUT2D eigenvalue weighted by Crippen LogP contribution is 2.11. The van der Waals surface area contributed by atoms with Gasteiger partial charge in [-0.2, -0.15) is 5.10 Å². The molecule has 6 heteroatoms. The van der Waals surface area contributed by atoms with Gasteiger partial charge in [-0.3, -0.25) is 9.59 Å². The smallest absolute Gasteiger partial charge is 0.271 e. The number of carbonyl (C=O) groups excluding carboxylic acids is 2. The summed E-state index contributed by atoms with van der Waals surface area (Å²) in [6, 6.07) is 6.80. The molecule has 1 aromatic rings. The molecule has 0 fully saturated rings. The first-order valence-electron chi connectivity index (χ1n) is 5.17. The fraction of sp³-hybridized carbons (Fsp3) is 0.182. The first-order valence-corrected chi connectivity index (χ1v) is 5.17. The lowest BCUT2D eigenvalue weighted by Gasteiger charge is -2.11. The Morgan fingerprint density at radius 1 is 1.29 bits per heavy atom. The molecule has 88 valence electrons. The number of nitrogens with two attached hydrogens (primary N) is 1. The number of amides is 2. The van der Waals surface area contributed by atoms with Crippen LogP contribution in [0.25, 0.3) is 0 Å². The Morgan fingerprint density at radius 3 is 2.59 bits per heavy atom. The van der Waals surface area contributed by atoms with Gasteiger partial charge in [0.05, 0.1) is 0 Å². The standard InChI is InChI=1S/C11H12N4O2/c12-7-1-3-8(4-2-7)13-11(17)9-5-6-10(16)15-14-9/h1-4H,5-6,12H2,(H,13,17)(H,15,16). The first kappa shape index (κ1) is 11.1. The van der Waals surface area contributed by atoms with Gasteiger partial charge >= 0.3 is 0 Å². The van der Waals surface area contributed by atoms with E-state index in [0.29, 0.717) is 23.5 Å². The fourth-order valence-corrected chi connectivity index (χ4v) is 1.41. The lowest BCUT2D eigenvalue weighted by molar-refractivity contribution is -0.121. The Balaban J connectivity index is 2.02. The quantitative estimate of drug-likeness (QED) is 0.647. The molecule has 1 aliphatic heterocycles. The molecular weight excluding hydrogens is 220 g/mol. The Bertz CT molecular complexity index is 479. The molecule has 2 amide bonds. The summed E-state index contributed by atoms with van der Waals surface area (Å²) in [5.41, 5.74) is 9.40. The molecule has 0 unspecified atom stereocenters. The minimum absolute atomic E-state index is 0.172. The molecule has 0 spiro atoms. The second-order valence-electron chi connectivity index (χ2n) is 3.67. The van der Waals surface area contributed by atoms with Crippen LogP contribution in [0, 0.1) is 0 Å². The summed E-state index contributed by atoms with van der Waals surface area (Å²) in [6.07, 6.45) is 0.640. The third kappa shape index (κ3) is 2.81. The third-order valence-electron chi connectivity index (χ3n) is 2.34. The monoisotopic (exact) mass is 232 g/mol. The van der Waals surface area contributed by atoms with Crippen molar-refractivity contribution in [3.8, 4) is 0 Å². The molecule has 0 bridgehead atoms. The van der Waals surface area contributed by atoms with Gasteiger partial charge in [0, 0.05) is 24.2 Å². The molecule has 0 saturated carbocycles. The van der Waals surface area contributed by atoms with Crippen molar-refractivity contribution in [1.82, 2.24) is 5.43 Å². The summed E-state index contributed by atoms with van der Waals surface area (Å²) < 4.78 is 0. The predicted molar refractivity (Wildman–Crippen MR) is 64.3 cm³/mol. The van der Waals surface area contributed by atoms with Crippen molar-refractivity contribution in [2.45, 2.75) is 12.8 Å². The minimum Gasteiger partial charge on any atom is -0.399 e. The Morgan fingerprint density at radius 2 is 2.00 bits per heavy atom. The summed E-state index contributed by atoms with van der Waals surface area (Å²) in [4.78, 5) is 22.6. The van der Waals surface area contributed by atoms with Crippen molar-refractivity contribution in [3.63, 3.8) is 0 Å². The van der Waals surface area contributed by atoms with Gasteiger partial charge in [-0.1, -0.05) is 0 Å². The van der Waals surface area contributed by atoms with E-state index < -0.39 is 0 Å². The fourth-order valence-electron chi connectivity index (χ4n) is 1.41. The average Bonchev–Trinajstić information content (AvgIpc) is 2.33. The lowest BCUT2D eigenvalue weighted by atomic mass is 10.1. The number of hydrogen-bond acceptors (Lipinski definition) is 4. The maximum absolute atomic E-state index is 11.7. The number of nitrogens with zero attached hydrogens (tertiary/aromatic N) is 1. The average molecular weight is 232 g/mol. The number of anilines is 2. The molecule has 4 N–H and O–H groups in total. The molecule has 1 aliphatic rings. The van der Waals surface area contributed by atoms with E-state index in [2.05, 4.69) is 15.8 Å². The lowest BCUT2D eigenvalue weighted by Crippen LogP contribution is -2.32. The number of benzene rings is 1. The van der Waals surface area contributed by atoms with Gasteiger partial charge in [0.25, 0.3) is 5.91 Å². The van der Waals surface area contributed by atoms with Gasteiger partial charge in [-0.05, 0) is 24.3 Å². The molecule has 6 nitrogen and oxygen atoms in total. The topological polar surface area (TPSA) is 96.6 Å². The van der Waals surface area contributed by atoms with E-state index in [9.17, 15) is 9.59 Å². The van der Waals surface area contributed by atoms with E-state index in [1.807, 2.05) is 0 Å². The first-order chi connectivity index (χ1) is 8.15. The van der Waals surface area contributed by atoms with E-state index in [4.69, 9.17) is 5.73 Å². The number of rotatable bonds is 2. The van der Waals surface area contributed by atoms with Crippen molar-refractivity contribution in [2.75, 3.05) is 11.1 Å². The second-order valence-corrected chi connectivity index (χ2v) is 3.67. The van der Waals surface area contributed by atoms with Gasteiger partial charge in [-0.15, -0.1) is 0 Å². The van der Waals surface area contributed by atoms with Gasteiger partial charge in [0.2, 0.25) is 5.91 Å². The summed E-state index contributed by atoms with van der Waals surface area (Å²) in [7, 11) is 0. The highest BCUT2D eigenvalue weighted by molar-refractivity contribution is 6.43. The van der Waals surface area contributed by atoms with Crippen molar-refractivity contribution in [1.29, 1.82) is 0 Å². The summed E-state index contributed by atoms with van der Waals surface area (Å²) in [5.74, 6) is -0.483. The molecule has 2 rings (SSSR count). The van der Waals surface area contributed by atoms with Crippen LogP contribution in [0.3, 0.4) is 0 Å². The van der Waals surface area contributed by atoms with Crippen LogP contribution < -0.4 is 16.5 Å². The maximum atomic E-state index is 11.7. The normalized spacial score (nSPS) is 14.8. The molecule has 0 aromatic heterocycles. The number of nitrogens with one attached hydrogen (secondary N) is 2. The maximum Gasteiger partial charge on any atom is 0.271 e. The van der Waals surface area contributed by atoms with Crippen LogP contribution in [0.4, 0.5) is 11.4 Å². The molecule has 1 aromatic carbocycles. The zero-order chi connectivity index (χ0) is 12.3. The molecule has 0 saturated heterocycles. The van der Waals surface area contributed by atoms with Crippen LogP contribution in [-0.4, -0.2) is 17.5 Å². The summed E-state index contributed by atoms with van der Waals surface area (Å²) in [6.45, 7) is 0. The van der Waals surface area contributed by atoms with E-state index in [0.717, 1.165) is 0 Å². The Hall–Kier alpha value is -2.37. The molecule has 0 aliphatic carbocycles. The highest BCUT2D eigenvalue weighted by atomic mass is 16.2. The minimum atomic E-state index is -0.310. The van der Waals surface area contributed by atoms with Crippen LogP contribution in [0.5, 0.6) is 0 Å². The number of hydrogen-bond donors (Lipinski definition) is 3. The van der Waals surface area contributed by atoms with Gasteiger partial charge in [0.15, 0.2) is 0 Å². The Labute approximate surface area is 97.9 Å². The second kappa shape index (κ2) is 4.65. The van der Waals surface area contributed by atoms with E-state index in [1.165, 1.54) is 0 Å². The van der Waals surface area contributed by atoms with E-state index >= 15 is 0 Å². The van der Waals surface area contributed by atoms with Crippen molar-refractivity contribution in [2.24, 2.45) is 5.10 Å². The highest BCUT2D eigenvalue weighted by Gasteiger charge is 2.18. The Kier molecular flexibility index (Phi) is 3.04. The van der Waals surface area contributed by atoms with Crippen LogP contribution >= 0.6 is 0 Å². The largest absolute Gasteiger partial charge is 0.399 e.